The molecule has 6 nitrogen and oxygen atoms in total. The fourth-order valence-corrected chi connectivity index (χ4v) is 3.25. The highest BCUT2D eigenvalue weighted by atomic mass is 16.3. The van der Waals surface area contributed by atoms with Crippen molar-refractivity contribution in [1.29, 1.82) is 0 Å². The van der Waals surface area contributed by atoms with E-state index in [1.807, 2.05) is 44.0 Å². The predicted octanol–water partition coefficient (Wildman–Crippen LogP) is 0.782. The Balaban J connectivity index is 1.75. The SMILES string of the molecule is Cc1cccc(C)c1NC(=O)CN(C)CC(O)CN1CCN(C)CC1. The Morgan fingerprint density at radius 2 is 1.84 bits per heavy atom. The molecule has 1 aromatic carbocycles. The van der Waals surface area contributed by atoms with Crippen LogP contribution >= 0.6 is 0 Å². The van der Waals surface area contributed by atoms with Gasteiger partial charge in [0.15, 0.2) is 0 Å². The number of anilines is 1. The number of nitrogens with one attached hydrogen (secondary N) is 1. The van der Waals surface area contributed by atoms with E-state index in [9.17, 15) is 9.90 Å². The van der Waals surface area contributed by atoms with Gasteiger partial charge in [0.2, 0.25) is 5.91 Å². The molecule has 140 valence electrons. The van der Waals surface area contributed by atoms with Crippen molar-refractivity contribution in [3.63, 3.8) is 0 Å². The van der Waals surface area contributed by atoms with Gasteiger partial charge in [0.25, 0.3) is 0 Å². The summed E-state index contributed by atoms with van der Waals surface area (Å²) in [4.78, 5) is 18.7. The number of piperazine rings is 1. The van der Waals surface area contributed by atoms with Crippen LogP contribution in [0.4, 0.5) is 5.69 Å². The van der Waals surface area contributed by atoms with E-state index >= 15 is 0 Å². The molecule has 0 aliphatic carbocycles. The number of amides is 1. The molecule has 0 bridgehead atoms. The Morgan fingerprint density at radius 1 is 1.24 bits per heavy atom. The standard InChI is InChI=1S/C19H32N4O2/c1-15-6-5-7-16(2)19(15)20-18(25)14-22(4)12-17(24)13-23-10-8-21(3)9-11-23/h5-7,17,24H,8-14H2,1-4H3,(H,20,25). The summed E-state index contributed by atoms with van der Waals surface area (Å²) in [5, 5.41) is 13.3. The zero-order valence-corrected chi connectivity index (χ0v) is 16.0. The van der Waals surface area contributed by atoms with Gasteiger partial charge in [-0.15, -0.1) is 0 Å². The number of nitrogens with zero attached hydrogens (tertiary/aromatic N) is 3. The lowest BCUT2D eigenvalue weighted by molar-refractivity contribution is -0.117. The number of hydrogen-bond donors (Lipinski definition) is 2. The van der Waals surface area contributed by atoms with Crippen molar-refractivity contribution in [1.82, 2.24) is 14.7 Å². The van der Waals surface area contributed by atoms with E-state index in [4.69, 9.17) is 0 Å². The Morgan fingerprint density at radius 3 is 2.44 bits per heavy atom. The zero-order valence-electron chi connectivity index (χ0n) is 16.0. The predicted molar refractivity (Wildman–Crippen MR) is 102 cm³/mol. The summed E-state index contributed by atoms with van der Waals surface area (Å²) in [6, 6.07) is 5.97. The van der Waals surface area contributed by atoms with Crippen molar-refractivity contribution in [2.75, 3.05) is 65.2 Å². The molecule has 1 aliphatic rings. The van der Waals surface area contributed by atoms with Crippen molar-refractivity contribution < 1.29 is 9.90 Å². The molecule has 1 atom stereocenters. The number of likely N-dealkylation sites (N-methyl/N-ethyl adjacent to an activating group) is 2. The van der Waals surface area contributed by atoms with Gasteiger partial charge in [-0.3, -0.25) is 14.6 Å². The molecule has 0 aromatic heterocycles. The lowest BCUT2D eigenvalue weighted by Crippen LogP contribution is -2.48. The number of para-hydroxylation sites is 1. The lowest BCUT2D eigenvalue weighted by atomic mass is 10.1. The molecule has 0 saturated carbocycles. The number of aryl methyl sites for hydroxylation is 2. The summed E-state index contributed by atoms with van der Waals surface area (Å²) in [6.45, 7) is 9.48. The van der Waals surface area contributed by atoms with Gasteiger partial charge >= 0.3 is 0 Å². The van der Waals surface area contributed by atoms with Crippen LogP contribution < -0.4 is 5.32 Å². The molecule has 0 spiro atoms. The van der Waals surface area contributed by atoms with Gasteiger partial charge in [-0.25, -0.2) is 0 Å². The molecule has 1 aromatic rings. The normalized spacial score (nSPS) is 17.7. The second-order valence-electron chi connectivity index (χ2n) is 7.27. The fourth-order valence-electron chi connectivity index (χ4n) is 3.25. The summed E-state index contributed by atoms with van der Waals surface area (Å²) >= 11 is 0. The first-order valence-corrected chi connectivity index (χ1v) is 8.98. The molecule has 1 heterocycles. The number of aliphatic hydroxyl groups excluding tert-OH is 1. The Kier molecular flexibility index (Phi) is 7.38. The van der Waals surface area contributed by atoms with E-state index in [0.29, 0.717) is 13.1 Å². The monoisotopic (exact) mass is 348 g/mol. The number of carbonyl (C=O) groups excluding carboxylic acids is 1. The zero-order chi connectivity index (χ0) is 18.4. The third kappa shape index (κ3) is 6.40. The van der Waals surface area contributed by atoms with Crippen LogP contribution in [0.3, 0.4) is 0 Å². The molecule has 0 radical (unpaired) electrons. The fraction of sp³-hybridized carbons (Fsp3) is 0.632. The molecule has 1 unspecified atom stereocenters. The van der Waals surface area contributed by atoms with Gasteiger partial charge in [0.05, 0.1) is 12.6 Å². The molecular formula is C19H32N4O2. The van der Waals surface area contributed by atoms with Crippen LogP contribution in [0.1, 0.15) is 11.1 Å². The van der Waals surface area contributed by atoms with Crippen LogP contribution in [-0.4, -0.2) is 91.7 Å². The van der Waals surface area contributed by atoms with Crippen LogP contribution in [0.2, 0.25) is 0 Å². The highest BCUT2D eigenvalue weighted by molar-refractivity contribution is 5.93. The molecule has 1 aliphatic heterocycles. The molecule has 2 N–H and O–H groups in total. The van der Waals surface area contributed by atoms with E-state index in [-0.39, 0.29) is 12.5 Å². The third-order valence-corrected chi connectivity index (χ3v) is 4.75. The van der Waals surface area contributed by atoms with Crippen LogP contribution in [-0.2, 0) is 4.79 Å². The van der Waals surface area contributed by atoms with Crippen LogP contribution in [0.25, 0.3) is 0 Å². The largest absolute Gasteiger partial charge is 0.390 e. The van der Waals surface area contributed by atoms with Gasteiger partial charge < -0.3 is 15.3 Å². The van der Waals surface area contributed by atoms with Crippen molar-refractivity contribution in [2.45, 2.75) is 20.0 Å². The summed E-state index contributed by atoms with van der Waals surface area (Å²) in [5.74, 6) is -0.0494. The van der Waals surface area contributed by atoms with Crippen LogP contribution in [0, 0.1) is 13.8 Å². The first kappa shape index (κ1) is 19.8. The number of benzene rings is 1. The average molecular weight is 348 g/mol. The Labute approximate surface area is 151 Å². The molecular weight excluding hydrogens is 316 g/mol. The maximum Gasteiger partial charge on any atom is 0.238 e. The van der Waals surface area contributed by atoms with E-state index in [2.05, 4.69) is 22.2 Å². The molecule has 1 saturated heterocycles. The van der Waals surface area contributed by atoms with Gasteiger partial charge in [-0.05, 0) is 39.1 Å². The second kappa shape index (κ2) is 9.29. The number of aliphatic hydroxyl groups is 1. The van der Waals surface area contributed by atoms with Crippen molar-refractivity contribution in [3.05, 3.63) is 29.3 Å². The molecule has 6 heteroatoms. The van der Waals surface area contributed by atoms with E-state index in [1.165, 1.54) is 0 Å². The topological polar surface area (TPSA) is 59.1 Å². The van der Waals surface area contributed by atoms with Crippen LogP contribution in [0.5, 0.6) is 0 Å². The number of rotatable bonds is 7. The molecule has 1 fully saturated rings. The minimum atomic E-state index is -0.443. The minimum Gasteiger partial charge on any atom is -0.390 e. The van der Waals surface area contributed by atoms with Gasteiger partial charge in [0, 0.05) is 45.0 Å². The van der Waals surface area contributed by atoms with Crippen molar-refractivity contribution >= 4 is 11.6 Å². The lowest BCUT2D eigenvalue weighted by Gasteiger charge is -2.34. The van der Waals surface area contributed by atoms with E-state index in [1.54, 1.807) is 0 Å². The van der Waals surface area contributed by atoms with Crippen molar-refractivity contribution in [3.8, 4) is 0 Å². The summed E-state index contributed by atoms with van der Waals surface area (Å²) in [7, 11) is 3.99. The smallest absolute Gasteiger partial charge is 0.238 e. The molecule has 25 heavy (non-hydrogen) atoms. The maximum atomic E-state index is 12.3. The summed E-state index contributed by atoms with van der Waals surface area (Å²) < 4.78 is 0. The summed E-state index contributed by atoms with van der Waals surface area (Å²) in [5.41, 5.74) is 3.01. The highest BCUT2D eigenvalue weighted by Gasteiger charge is 2.19. The first-order chi connectivity index (χ1) is 11.8. The Bertz CT molecular complexity index is 550. The van der Waals surface area contributed by atoms with Crippen molar-refractivity contribution in [2.24, 2.45) is 0 Å². The number of carbonyl (C=O) groups is 1. The number of hydrogen-bond acceptors (Lipinski definition) is 5. The second-order valence-corrected chi connectivity index (χ2v) is 7.27. The quantitative estimate of drug-likeness (QED) is 0.763. The Hall–Kier alpha value is -1.47. The number of β-amino-alcohol motifs (C(OH)–C–C–N with tert-alkyl or cyclic N) is 1. The third-order valence-electron chi connectivity index (χ3n) is 4.75. The average Bonchev–Trinajstić information content (AvgIpc) is 2.53. The highest BCUT2D eigenvalue weighted by Crippen LogP contribution is 2.19. The first-order valence-electron chi connectivity index (χ1n) is 8.98. The van der Waals surface area contributed by atoms with E-state index < -0.39 is 6.10 Å². The van der Waals surface area contributed by atoms with Crippen LogP contribution in [0.15, 0.2) is 18.2 Å². The minimum absolute atomic E-state index is 0.0494. The van der Waals surface area contributed by atoms with Gasteiger partial charge in [-0.1, -0.05) is 18.2 Å². The molecule has 2 rings (SSSR count). The maximum absolute atomic E-state index is 12.3. The van der Waals surface area contributed by atoms with Gasteiger partial charge in [-0.2, -0.15) is 0 Å². The summed E-state index contributed by atoms with van der Waals surface area (Å²) in [6.07, 6.45) is -0.443. The van der Waals surface area contributed by atoms with E-state index in [0.717, 1.165) is 43.0 Å². The molecule has 1 amide bonds. The van der Waals surface area contributed by atoms with Gasteiger partial charge in [0.1, 0.15) is 0 Å².